The number of unbranched alkanes of at least 4 members (excludes halogenated alkanes) is 3. The molecule has 1 heterocycles. The van der Waals surface area contributed by atoms with Gasteiger partial charge in [0.05, 0.1) is 12.1 Å². The first kappa shape index (κ1) is 15.2. The molecule has 1 saturated heterocycles. The van der Waals surface area contributed by atoms with Crippen LogP contribution in [0, 0.1) is 11.3 Å². The van der Waals surface area contributed by atoms with Gasteiger partial charge in [-0.15, -0.1) is 6.58 Å². The number of nitriles is 1. The largest absolute Gasteiger partial charge is 0.301 e. The van der Waals surface area contributed by atoms with Gasteiger partial charge in [0.1, 0.15) is 0 Å². The van der Waals surface area contributed by atoms with E-state index < -0.39 is 0 Å². The van der Waals surface area contributed by atoms with E-state index in [9.17, 15) is 0 Å². The quantitative estimate of drug-likeness (QED) is 0.489. The molecule has 0 amide bonds. The predicted molar refractivity (Wildman–Crippen MR) is 76.4 cm³/mol. The van der Waals surface area contributed by atoms with Crippen LogP contribution in [0.3, 0.4) is 0 Å². The molecule has 102 valence electrons. The summed E-state index contributed by atoms with van der Waals surface area (Å²) in [6.45, 7) is 11.4. The van der Waals surface area contributed by atoms with E-state index >= 15 is 0 Å². The molecule has 1 fully saturated rings. The summed E-state index contributed by atoms with van der Waals surface area (Å²) in [5, 5.41) is 9.05. The van der Waals surface area contributed by atoms with Crippen molar-refractivity contribution in [2.75, 3.05) is 32.7 Å². The Labute approximate surface area is 112 Å². The van der Waals surface area contributed by atoms with Gasteiger partial charge in [0.2, 0.25) is 0 Å². The second-order valence-corrected chi connectivity index (χ2v) is 5.07. The molecule has 1 rings (SSSR count). The molecule has 3 heteroatoms. The van der Waals surface area contributed by atoms with Crippen LogP contribution in [-0.2, 0) is 0 Å². The third kappa shape index (κ3) is 5.20. The molecule has 1 aliphatic rings. The van der Waals surface area contributed by atoms with E-state index in [1.165, 1.54) is 25.8 Å². The monoisotopic (exact) mass is 249 g/mol. The van der Waals surface area contributed by atoms with Crippen LogP contribution in [0.2, 0.25) is 0 Å². The van der Waals surface area contributed by atoms with Gasteiger partial charge >= 0.3 is 0 Å². The Balaban J connectivity index is 2.12. The molecule has 3 nitrogen and oxygen atoms in total. The van der Waals surface area contributed by atoms with Crippen LogP contribution in [0.4, 0.5) is 0 Å². The molecular weight excluding hydrogens is 222 g/mol. The van der Waals surface area contributed by atoms with E-state index in [1.807, 2.05) is 6.08 Å². The van der Waals surface area contributed by atoms with Crippen LogP contribution in [-0.4, -0.2) is 48.6 Å². The molecule has 0 aliphatic carbocycles. The number of piperazine rings is 1. The summed E-state index contributed by atoms with van der Waals surface area (Å²) in [4.78, 5) is 4.86. The highest BCUT2D eigenvalue weighted by Crippen LogP contribution is 2.10. The lowest BCUT2D eigenvalue weighted by Gasteiger charge is -2.36. The fourth-order valence-corrected chi connectivity index (χ4v) is 2.53. The van der Waals surface area contributed by atoms with E-state index in [4.69, 9.17) is 5.26 Å². The molecule has 0 radical (unpaired) electrons. The molecule has 1 atom stereocenters. The van der Waals surface area contributed by atoms with Crippen LogP contribution < -0.4 is 0 Å². The molecule has 0 spiro atoms. The minimum Gasteiger partial charge on any atom is -0.301 e. The zero-order valence-corrected chi connectivity index (χ0v) is 11.8. The Hall–Kier alpha value is -0.850. The first-order valence-corrected chi connectivity index (χ1v) is 7.28. The Morgan fingerprint density at radius 1 is 1.22 bits per heavy atom. The van der Waals surface area contributed by atoms with Crippen LogP contribution in [0.5, 0.6) is 0 Å². The molecule has 0 aromatic rings. The van der Waals surface area contributed by atoms with Crippen molar-refractivity contribution in [1.29, 1.82) is 5.26 Å². The summed E-state index contributed by atoms with van der Waals surface area (Å²) in [5.74, 6) is 0. The maximum Gasteiger partial charge on any atom is 0.0976 e. The summed E-state index contributed by atoms with van der Waals surface area (Å²) in [6, 6.07) is 2.53. The summed E-state index contributed by atoms with van der Waals surface area (Å²) in [5.41, 5.74) is 0. The van der Waals surface area contributed by atoms with Gasteiger partial charge in [0, 0.05) is 26.2 Å². The Kier molecular flexibility index (Phi) is 7.71. The van der Waals surface area contributed by atoms with Crippen molar-refractivity contribution in [2.45, 2.75) is 45.1 Å². The van der Waals surface area contributed by atoms with Gasteiger partial charge in [0.15, 0.2) is 0 Å². The zero-order valence-electron chi connectivity index (χ0n) is 11.8. The van der Waals surface area contributed by atoms with Crippen molar-refractivity contribution >= 4 is 0 Å². The van der Waals surface area contributed by atoms with Crippen molar-refractivity contribution in [3.05, 3.63) is 12.7 Å². The van der Waals surface area contributed by atoms with Gasteiger partial charge < -0.3 is 4.90 Å². The molecule has 1 aliphatic heterocycles. The first-order chi connectivity index (χ1) is 8.81. The smallest absolute Gasteiger partial charge is 0.0976 e. The van der Waals surface area contributed by atoms with Crippen LogP contribution in [0.25, 0.3) is 0 Å². The van der Waals surface area contributed by atoms with E-state index in [0.29, 0.717) is 0 Å². The Morgan fingerprint density at radius 3 is 2.50 bits per heavy atom. The predicted octanol–water partition coefficient (Wildman–Crippen LogP) is 2.65. The number of nitrogens with zero attached hydrogens (tertiary/aromatic N) is 3. The summed E-state index contributed by atoms with van der Waals surface area (Å²) < 4.78 is 0. The number of allylic oxidation sites excluding steroid dienone is 1. The molecule has 0 aromatic heterocycles. The molecule has 0 saturated carbocycles. The number of hydrogen-bond acceptors (Lipinski definition) is 3. The molecule has 0 N–H and O–H groups in total. The zero-order chi connectivity index (χ0) is 13.2. The van der Waals surface area contributed by atoms with E-state index in [1.54, 1.807) is 0 Å². The highest BCUT2D eigenvalue weighted by molar-refractivity contribution is 4.92. The summed E-state index contributed by atoms with van der Waals surface area (Å²) >= 11 is 0. The summed E-state index contributed by atoms with van der Waals surface area (Å²) in [6.07, 6.45) is 7.97. The normalized spacial score (nSPS) is 19.3. The lowest BCUT2D eigenvalue weighted by Crippen LogP contribution is -2.49. The van der Waals surface area contributed by atoms with Gasteiger partial charge in [-0.1, -0.05) is 19.4 Å². The highest BCUT2D eigenvalue weighted by Gasteiger charge is 2.21. The van der Waals surface area contributed by atoms with E-state index in [0.717, 1.165) is 39.0 Å². The first-order valence-electron chi connectivity index (χ1n) is 7.28. The topological polar surface area (TPSA) is 30.3 Å². The molecule has 0 bridgehead atoms. The Bertz CT molecular complexity index is 261. The van der Waals surface area contributed by atoms with Crippen LogP contribution in [0.1, 0.15) is 39.0 Å². The summed E-state index contributed by atoms with van der Waals surface area (Å²) in [7, 11) is 0. The van der Waals surface area contributed by atoms with Crippen molar-refractivity contribution in [3.8, 4) is 6.07 Å². The van der Waals surface area contributed by atoms with Gasteiger partial charge in [-0.25, -0.2) is 0 Å². The van der Waals surface area contributed by atoms with Crippen molar-refractivity contribution in [3.63, 3.8) is 0 Å². The molecule has 1 unspecified atom stereocenters. The average molecular weight is 249 g/mol. The maximum atomic E-state index is 9.05. The van der Waals surface area contributed by atoms with E-state index in [2.05, 4.69) is 29.4 Å². The van der Waals surface area contributed by atoms with Crippen molar-refractivity contribution in [1.82, 2.24) is 9.80 Å². The minimum atomic E-state index is 0.125. The van der Waals surface area contributed by atoms with Crippen molar-refractivity contribution < 1.29 is 0 Å². The third-order valence-corrected chi connectivity index (χ3v) is 3.77. The van der Waals surface area contributed by atoms with Gasteiger partial charge in [-0.2, -0.15) is 5.26 Å². The standard InChI is InChI=1S/C15H27N3/c1-3-5-6-7-8-9-17-10-12-18(13-11-17)15(4-2)14-16/h3,15H,1,4-13H2,2H3. The Morgan fingerprint density at radius 2 is 1.94 bits per heavy atom. The molecule has 18 heavy (non-hydrogen) atoms. The average Bonchev–Trinajstić information content (AvgIpc) is 2.41. The van der Waals surface area contributed by atoms with Crippen LogP contribution >= 0.6 is 0 Å². The maximum absolute atomic E-state index is 9.05. The molecular formula is C15H27N3. The van der Waals surface area contributed by atoms with E-state index in [-0.39, 0.29) is 6.04 Å². The second-order valence-electron chi connectivity index (χ2n) is 5.07. The molecule has 0 aromatic carbocycles. The fraction of sp³-hybridized carbons (Fsp3) is 0.800. The SMILES string of the molecule is C=CCCCCCN1CCN(C(C#N)CC)CC1. The minimum absolute atomic E-state index is 0.125. The van der Waals surface area contributed by atoms with Gasteiger partial charge in [-0.05, 0) is 32.2 Å². The van der Waals surface area contributed by atoms with Crippen LogP contribution in [0.15, 0.2) is 12.7 Å². The lowest BCUT2D eigenvalue weighted by molar-refractivity contribution is 0.111. The highest BCUT2D eigenvalue weighted by atomic mass is 15.3. The van der Waals surface area contributed by atoms with Gasteiger partial charge in [-0.3, -0.25) is 4.90 Å². The number of hydrogen-bond donors (Lipinski definition) is 0. The second kappa shape index (κ2) is 9.13. The third-order valence-electron chi connectivity index (χ3n) is 3.77. The van der Waals surface area contributed by atoms with Gasteiger partial charge in [0.25, 0.3) is 0 Å². The lowest BCUT2D eigenvalue weighted by atomic mass is 10.1. The van der Waals surface area contributed by atoms with Crippen molar-refractivity contribution in [2.24, 2.45) is 0 Å². The number of rotatable bonds is 8. The fourth-order valence-electron chi connectivity index (χ4n) is 2.53.